The van der Waals surface area contributed by atoms with E-state index in [1.54, 1.807) is 0 Å². The Bertz CT molecular complexity index is 208. The molecule has 0 radical (unpaired) electrons. The molecule has 0 aromatic carbocycles. The molecule has 0 saturated carbocycles. The Balaban J connectivity index is 0.00000128. The van der Waals surface area contributed by atoms with Gasteiger partial charge in [0.05, 0.1) is 0 Å². The molecule has 0 bridgehead atoms. The maximum absolute atomic E-state index is 3.49. The first-order chi connectivity index (χ1) is 7.23. The van der Waals surface area contributed by atoms with E-state index in [2.05, 4.69) is 29.5 Å². The van der Waals surface area contributed by atoms with Crippen LogP contribution in [0, 0.1) is 5.41 Å². The lowest BCUT2D eigenvalue weighted by atomic mass is 9.89. The molecule has 2 saturated heterocycles. The van der Waals surface area contributed by atoms with Crippen LogP contribution in [-0.2, 0) is 0 Å². The van der Waals surface area contributed by atoms with Crippen molar-refractivity contribution in [1.82, 2.24) is 15.5 Å². The number of nitrogens with one attached hydrogen (secondary N) is 2. The first kappa shape index (κ1) is 17.5. The van der Waals surface area contributed by atoms with Crippen molar-refractivity contribution in [3.8, 4) is 0 Å². The van der Waals surface area contributed by atoms with Crippen LogP contribution in [0.5, 0.6) is 0 Å². The number of likely N-dealkylation sites (tertiary alicyclic amines) is 1. The summed E-state index contributed by atoms with van der Waals surface area (Å²) in [6.07, 6.45) is 4.11. The molecule has 2 aliphatic rings. The summed E-state index contributed by atoms with van der Waals surface area (Å²) in [5, 5.41) is 6.81. The SMILES string of the molecule is CNCC1CCCN1CC1(C)CCNC1.Cl.Cl. The lowest BCUT2D eigenvalue weighted by Gasteiger charge is -2.33. The van der Waals surface area contributed by atoms with E-state index in [0.717, 1.165) is 12.6 Å². The summed E-state index contributed by atoms with van der Waals surface area (Å²) in [5.74, 6) is 0. The van der Waals surface area contributed by atoms with Gasteiger partial charge in [0.1, 0.15) is 0 Å². The van der Waals surface area contributed by atoms with Crippen molar-refractivity contribution in [1.29, 1.82) is 0 Å². The van der Waals surface area contributed by atoms with Crippen LogP contribution >= 0.6 is 24.8 Å². The van der Waals surface area contributed by atoms with E-state index in [0.29, 0.717) is 5.41 Å². The smallest absolute Gasteiger partial charge is 0.0221 e. The van der Waals surface area contributed by atoms with Crippen molar-refractivity contribution in [2.24, 2.45) is 5.41 Å². The Morgan fingerprint density at radius 3 is 2.76 bits per heavy atom. The highest BCUT2D eigenvalue weighted by Gasteiger charge is 2.34. The van der Waals surface area contributed by atoms with Crippen LogP contribution in [0.15, 0.2) is 0 Å². The maximum atomic E-state index is 3.49. The van der Waals surface area contributed by atoms with Gasteiger partial charge in [-0.3, -0.25) is 4.90 Å². The van der Waals surface area contributed by atoms with Crippen molar-refractivity contribution < 1.29 is 0 Å². The van der Waals surface area contributed by atoms with E-state index in [9.17, 15) is 0 Å². The van der Waals surface area contributed by atoms with Gasteiger partial charge in [-0.15, -0.1) is 24.8 Å². The van der Waals surface area contributed by atoms with Crippen LogP contribution in [0.2, 0.25) is 0 Å². The molecule has 5 heteroatoms. The Labute approximate surface area is 118 Å². The summed E-state index contributed by atoms with van der Waals surface area (Å²) < 4.78 is 0. The van der Waals surface area contributed by atoms with Gasteiger partial charge in [-0.25, -0.2) is 0 Å². The predicted octanol–water partition coefficient (Wildman–Crippen LogP) is 1.51. The second kappa shape index (κ2) is 7.80. The molecule has 0 aliphatic carbocycles. The number of nitrogens with zero attached hydrogens (tertiary/aromatic N) is 1. The summed E-state index contributed by atoms with van der Waals surface area (Å²) in [7, 11) is 2.06. The fourth-order valence-electron chi connectivity index (χ4n) is 3.06. The molecule has 2 heterocycles. The fraction of sp³-hybridized carbons (Fsp3) is 1.00. The van der Waals surface area contributed by atoms with E-state index >= 15 is 0 Å². The number of hydrogen-bond acceptors (Lipinski definition) is 3. The van der Waals surface area contributed by atoms with Crippen molar-refractivity contribution in [2.75, 3.05) is 39.8 Å². The Hall–Kier alpha value is 0.460. The van der Waals surface area contributed by atoms with Gasteiger partial charge >= 0.3 is 0 Å². The molecule has 0 aromatic rings. The molecule has 0 aromatic heterocycles. The summed E-state index contributed by atoms with van der Waals surface area (Å²) in [5.41, 5.74) is 0.524. The summed E-state index contributed by atoms with van der Waals surface area (Å²) in [6, 6.07) is 0.785. The fourth-order valence-corrected chi connectivity index (χ4v) is 3.06. The summed E-state index contributed by atoms with van der Waals surface area (Å²) in [6.45, 7) is 8.59. The average molecular weight is 284 g/mol. The maximum Gasteiger partial charge on any atom is 0.0221 e. The van der Waals surface area contributed by atoms with Crippen LogP contribution in [0.1, 0.15) is 26.2 Å². The quantitative estimate of drug-likeness (QED) is 0.819. The second-order valence-electron chi connectivity index (χ2n) is 5.56. The molecule has 2 rings (SSSR count). The van der Waals surface area contributed by atoms with Crippen molar-refractivity contribution >= 4 is 24.8 Å². The highest BCUT2D eigenvalue weighted by atomic mass is 35.5. The van der Waals surface area contributed by atoms with Gasteiger partial charge in [0.2, 0.25) is 0 Å². The van der Waals surface area contributed by atoms with Gasteiger partial charge in [0.15, 0.2) is 0 Å². The molecule has 2 N–H and O–H groups in total. The summed E-state index contributed by atoms with van der Waals surface area (Å²) >= 11 is 0. The number of halogens is 2. The molecule has 2 fully saturated rings. The minimum absolute atomic E-state index is 0. The normalized spacial score (nSPS) is 33.2. The van der Waals surface area contributed by atoms with Gasteiger partial charge in [-0.2, -0.15) is 0 Å². The lowest BCUT2D eigenvalue weighted by molar-refractivity contribution is 0.164. The first-order valence-electron chi connectivity index (χ1n) is 6.33. The number of likely N-dealkylation sites (N-methyl/N-ethyl adjacent to an activating group) is 1. The summed E-state index contributed by atoms with van der Waals surface area (Å²) in [4.78, 5) is 2.70. The largest absolute Gasteiger partial charge is 0.318 e. The topological polar surface area (TPSA) is 27.3 Å². The van der Waals surface area contributed by atoms with Crippen LogP contribution in [0.3, 0.4) is 0 Å². The molecule has 0 spiro atoms. The van der Waals surface area contributed by atoms with Gasteiger partial charge in [-0.05, 0) is 44.8 Å². The first-order valence-corrected chi connectivity index (χ1v) is 6.33. The molecular weight excluding hydrogens is 257 g/mol. The number of hydrogen-bond donors (Lipinski definition) is 2. The van der Waals surface area contributed by atoms with E-state index in [4.69, 9.17) is 0 Å². The zero-order valence-corrected chi connectivity index (χ0v) is 12.6. The van der Waals surface area contributed by atoms with Crippen LogP contribution in [-0.4, -0.2) is 50.7 Å². The molecule has 2 unspecified atom stereocenters. The van der Waals surface area contributed by atoms with E-state index < -0.39 is 0 Å². The van der Waals surface area contributed by atoms with E-state index in [1.807, 2.05) is 0 Å². The highest BCUT2D eigenvalue weighted by molar-refractivity contribution is 5.85. The van der Waals surface area contributed by atoms with E-state index in [1.165, 1.54) is 45.4 Å². The van der Waals surface area contributed by atoms with Crippen LogP contribution in [0.25, 0.3) is 0 Å². The molecule has 0 amide bonds. The molecule has 17 heavy (non-hydrogen) atoms. The number of rotatable bonds is 4. The van der Waals surface area contributed by atoms with E-state index in [-0.39, 0.29) is 24.8 Å². The third-order valence-electron chi connectivity index (χ3n) is 3.98. The highest BCUT2D eigenvalue weighted by Crippen LogP contribution is 2.29. The molecule has 2 aliphatic heterocycles. The van der Waals surface area contributed by atoms with Gasteiger partial charge in [0, 0.05) is 25.7 Å². The Kier molecular flexibility index (Phi) is 8.01. The van der Waals surface area contributed by atoms with Crippen molar-refractivity contribution in [3.05, 3.63) is 0 Å². The molecule has 3 nitrogen and oxygen atoms in total. The van der Waals surface area contributed by atoms with Crippen molar-refractivity contribution in [2.45, 2.75) is 32.2 Å². The zero-order chi connectivity index (χ0) is 10.7. The predicted molar refractivity (Wildman–Crippen MR) is 78.6 cm³/mol. The van der Waals surface area contributed by atoms with Gasteiger partial charge in [-0.1, -0.05) is 6.92 Å². The minimum Gasteiger partial charge on any atom is -0.318 e. The Morgan fingerprint density at radius 2 is 2.18 bits per heavy atom. The van der Waals surface area contributed by atoms with Crippen molar-refractivity contribution in [3.63, 3.8) is 0 Å². The Morgan fingerprint density at radius 1 is 1.41 bits per heavy atom. The van der Waals surface area contributed by atoms with Gasteiger partial charge in [0.25, 0.3) is 0 Å². The standard InChI is InChI=1S/C12H25N3.2ClH/c1-12(5-6-14-9-12)10-15-7-3-4-11(15)8-13-2;;/h11,13-14H,3-10H2,1-2H3;2*1H. The lowest BCUT2D eigenvalue weighted by Crippen LogP contribution is -2.43. The molecular formula is C12H27Cl2N3. The molecule has 2 atom stereocenters. The zero-order valence-electron chi connectivity index (χ0n) is 11.0. The monoisotopic (exact) mass is 283 g/mol. The minimum atomic E-state index is 0. The van der Waals surface area contributed by atoms with Gasteiger partial charge < -0.3 is 10.6 Å². The average Bonchev–Trinajstić information content (AvgIpc) is 2.78. The third-order valence-corrected chi connectivity index (χ3v) is 3.98. The van der Waals surface area contributed by atoms with Crippen LogP contribution < -0.4 is 10.6 Å². The molecule has 104 valence electrons. The van der Waals surface area contributed by atoms with Crippen LogP contribution in [0.4, 0.5) is 0 Å². The second-order valence-corrected chi connectivity index (χ2v) is 5.56. The third kappa shape index (κ3) is 4.56.